The first-order valence-corrected chi connectivity index (χ1v) is 10.00. The van der Waals surface area contributed by atoms with Crippen molar-refractivity contribution in [2.75, 3.05) is 19.6 Å². The molecular formula is C21H25FN6O. The van der Waals surface area contributed by atoms with Crippen LogP contribution in [0.5, 0.6) is 0 Å². The number of benzene rings is 1. The smallest absolute Gasteiger partial charge is 0.177 e. The van der Waals surface area contributed by atoms with Crippen molar-refractivity contribution in [1.82, 2.24) is 29.9 Å². The van der Waals surface area contributed by atoms with Gasteiger partial charge < -0.3 is 4.90 Å². The van der Waals surface area contributed by atoms with Gasteiger partial charge in [0.05, 0.1) is 30.0 Å². The Bertz CT molecular complexity index is 996. The average molecular weight is 396 g/mol. The molecule has 0 atom stereocenters. The molecule has 4 rings (SSSR count). The Balaban J connectivity index is 1.48. The molecule has 1 aliphatic heterocycles. The Labute approximate surface area is 169 Å². The molecule has 0 aliphatic carbocycles. The lowest BCUT2D eigenvalue weighted by Crippen LogP contribution is -2.47. The molecule has 0 radical (unpaired) electrons. The predicted octanol–water partition coefficient (Wildman–Crippen LogP) is 2.78. The summed E-state index contributed by atoms with van der Waals surface area (Å²) < 4.78 is 16.9. The van der Waals surface area contributed by atoms with E-state index in [9.17, 15) is 4.79 Å². The maximum absolute atomic E-state index is 15.3. The molecular weight excluding hydrogens is 371 g/mol. The second-order valence-electron chi connectivity index (χ2n) is 8.14. The number of halogens is 1. The van der Waals surface area contributed by atoms with Gasteiger partial charge in [-0.2, -0.15) is 0 Å². The molecule has 0 saturated carbocycles. The van der Waals surface area contributed by atoms with Crippen molar-refractivity contribution in [3.05, 3.63) is 42.6 Å². The van der Waals surface area contributed by atoms with Gasteiger partial charge in [-0.25, -0.2) is 19.0 Å². The number of nitrogens with zero attached hydrogens (tertiary/aromatic N) is 6. The van der Waals surface area contributed by atoms with Gasteiger partial charge in [-0.05, 0) is 24.1 Å². The first-order valence-electron chi connectivity index (χ1n) is 10.00. The molecule has 0 amide bonds. The van der Waals surface area contributed by atoms with Crippen LogP contribution < -0.4 is 0 Å². The lowest BCUT2D eigenvalue weighted by atomic mass is 9.87. The number of piperidine rings is 1. The summed E-state index contributed by atoms with van der Waals surface area (Å²) in [6, 6.07) is 5.64. The monoisotopic (exact) mass is 396 g/mol. The molecule has 1 aliphatic rings. The Morgan fingerprint density at radius 2 is 2.07 bits per heavy atom. The van der Waals surface area contributed by atoms with E-state index in [0.29, 0.717) is 30.3 Å². The predicted molar refractivity (Wildman–Crippen MR) is 108 cm³/mol. The van der Waals surface area contributed by atoms with Crippen molar-refractivity contribution in [1.29, 1.82) is 0 Å². The van der Waals surface area contributed by atoms with Gasteiger partial charge in [-0.3, -0.25) is 4.79 Å². The Hall–Kier alpha value is -2.74. The van der Waals surface area contributed by atoms with Crippen LogP contribution in [0.4, 0.5) is 4.39 Å². The van der Waals surface area contributed by atoms with Gasteiger partial charge in [-0.15, -0.1) is 5.10 Å². The number of Topliss-reactive ketones (excluding diaryl/α,β-unsaturated/α-hetero) is 1. The fourth-order valence-electron chi connectivity index (χ4n) is 3.81. The zero-order valence-corrected chi connectivity index (χ0v) is 16.8. The fraction of sp³-hybridized carbons (Fsp3) is 0.476. The maximum atomic E-state index is 15.3. The number of ketones is 1. The second kappa shape index (κ2) is 7.94. The largest absolute Gasteiger partial charge is 0.303 e. The summed E-state index contributed by atoms with van der Waals surface area (Å²) in [6.45, 7) is 6.45. The van der Waals surface area contributed by atoms with E-state index in [1.807, 2.05) is 18.2 Å². The van der Waals surface area contributed by atoms with Crippen molar-refractivity contribution in [3.63, 3.8) is 0 Å². The van der Waals surface area contributed by atoms with E-state index < -0.39 is 11.5 Å². The van der Waals surface area contributed by atoms with Gasteiger partial charge in [0.25, 0.3) is 0 Å². The van der Waals surface area contributed by atoms with E-state index in [4.69, 9.17) is 0 Å². The van der Waals surface area contributed by atoms with Crippen LogP contribution in [0, 0.1) is 5.92 Å². The number of alkyl halides is 1. The van der Waals surface area contributed by atoms with Crippen molar-refractivity contribution in [2.45, 2.75) is 38.8 Å². The summed E-state index contributed by atoms with van der Waals surface area (Å²) in [6.07, 6.45) is 5.40. The van der Waals surface area contributed by atoms with E-state index in [0.717, 1.165) is 17.6 Å². The summed E-state index contributed by atoms with van der Waals surface area (Å²) in [5.74, 6) is 0.458. The van der Waals surface area contributed by atoms with Crippen molar-refractivity contribution in [3.8, 4) is 5.69 Å². The Morgan fingerprint density at radius 3 is 2.76 bits per heavy atom. The Kier molecular flexibility index (Phi) is 5.36. The molecule has 0 bridgehead atoms. The van der Waals surface area contributed by atoms with Gasteiger partial charge in [0.15, 0.2) is 11.5 Å². The quantitative estimate of drug-likeness (QED) is 0.638. The van der Waals surface area contributed by atoms with Crippen LogP contribution in [0.25, 0.3) is 16.6 Å². The zero-order valence-electron chi connectivity index (χ0n) is 16.8. The van der Waals surface area contributed by atoms with Crippen LogP contribution in [0.2, 0.25) is 0 Å². The molecule has 0 unspecified atom stereocenters. The fourth-order valence-corrected chi connectivity index (χ4v) is 3.81. The number of hydrogen-bond acceptors (Lipinski definition) is 6. The molecule has 0 spiro atoms. The second-order valence-corrected chi connectivity index (χ2v) is 8.14. The van der Waals surface area contributed by atoms with Crippen molar-refractivity contribution < 1.29 is 9.18 Å². The number of hydrogen-bond donors (Lipinski definition) is 0. The van der Waals surface area contributed by atoms with Gasteiger partial charge >= 0.3 is 0 Å². The van der Waals surface area contributed by atoms with Crippen LogP contribution in [0.15, 0.2) is 36.8 Å². The van der Waals surface area contributed by atoms with Crippen molar-refractivity contribution in [2.24, 2.45) is 5.92 Å². The van der Waals surface area contributed by atoms with E-state index in [-0.39, 0.29) is 19.3 Å². The molecule has 1 fully saturated rings. The van der Waals surface area contributed by atoms with Gasteiger partial charge in [0.2, 0.25) is 0 Å². The lowest BCUT2D eigenvalue weighted by molar-refractivity contribution is -0.133. The summed E-state index contributed by atoms with van der Waals surface area (Å²) in [5, 5.41) is 8.63. The first kappa shape index (κ1) is 19.6. The molecule has 8 heteroatoms. The van der Waals surface area contributed by atoms with Gasteiger partial charge in [0, 0.05) is 44.1 Å². The molecule has 0 N–H and O–H groups in total. The van der Waals surface area contributed by atoms with Gasteiger partial charge in [0.1, 0.15) is 5.82 Å². The number of carbonyl (C=O) groups excluding carboxylic acids is 1. The molecule has 1 aromatic carbocycles. The third-order valence-electron chi connectivity index (χ3n) is 5.39. The third-order valence-corrected chi connectivity index (χ3v) is 5.39. The lowest BCUT2D eigenvalue weighted by Gasteiger charge is -2.36. The number of likely N-dealkylation sites (tertiary alicyclic amines) is 1. The normalized spacial score (nSPS) is 17.1. The van der Waals surface area contributed by atoms with Crippen LogP contribution in [0.3, 0.4) is 0 Å². The minimum atomic E-state index is -1.78. The van der Waals surface area contributed by atoms with Crippen molar-refractivity contribution >= 4 is 16.7 Å². The summed E-state index contributed by atoms with van der Waals surface area (Å²) in [7, 11) is 0. The molecule has 7 nitrogen and oxygen atoms in total. The van der Waals surface area contributed by atoms with Crippen LogP contribution >= 0.6 is 0 Å². The maximum Gasteiger partial charge on any atom is 0.177 e. The van der Waals surface area contributed by atoms with E-state index in [2.05, 4.69) is 39.0 Å². The minimum absolute atomic E-state index is 0.0931. The highest BCUT2D eigenvalue weighted by Crippen LogP contribution is 2.29. The number of fused-ring (bicyclic) bond motifs is 1. The molecule has 2 aromatic heterocycles. The summed E-state index contributed by atoms with van der Waals surface area (Å²) >= 11 is 0. The van der Waals surface area contributed by atoms with Crippen LogP contribution in [-0.4, -0.2) is 60.9 Å². The number of aromatic nitrogens is 5. The SMILES string of the molecule is CC(C)CN1CCC(F)(C(=O)Cc2ncc3ccc(-n4ccnn4)cc3n2)CC1. The first-order chi connectivity index (χ1) is 13.9. The van der Waals surface area contributed by atoms with Gasteiger partial charge in [-0.1, -0.05) is 19.1 Å². The zero-order chi connectivity index (χ0) is 20.4. The summed E-state index contributed by atoms with van der Waals surface area (Å²) in [5.41, 5.74) is -0.283. The number of rotatable bonds is 6. The minimum Gasteiger partial charge on any atom is -0.303 e. The van der Waals surface area contributed by atoms with E-state index in [1.165, 1.54) is 0 Å². The molecule has 152 valence electrons. The average Bonchev–Trinajstić information content (AvgIpc) is 3.24. The highest BCUT2D eigenvalue weighted by atomic mass is 19.1. The molecule has 3 aromatic rings. The van der Waals surface area contributed by atoms with E-state index in [1.54, 1.807) is 23.3 Å². The standard InChI is InChI=1S/C21H25FN6O/c1-15(2)14-27-8-5-21(22,6-9-27)19(29)12-20-23-13-16-3-4-17(11-18(16)25-20)28-10-7-24-26-28/h3-4,7,10-11,13,15H,5-6,8-9,12,14H2,1-2H3. The van der Waals surface area contributed by atoms with Crippen LogP contribution in [-0.2, 0) is 11.2 Å². The van der Waals surface area contributed by atoms with E-state index >= 15 is 4.39 Å². The highest BCUT2D eigenvalue weighted by molar-refractivity contribution is 5.89. The Morgan fingerprint density at radius 1 is 1.28 bits per heavy atom. The van der Waals surface area contributed by atoms with Crippen LogP contribution in [0.1, 0.15) is 32.5 Å². The number of carbonyl (C=O) groups is 1. The summed E-state index contributed by atoms with van der Waals surface area (Å²) in [4.78, 5) is 23.7. The molecule has 1 saturated heterocycles. The highest BCUT2D eigenvalue weighted by Gasteiger charge is 2.41. The third kappa shape index (κ3) is 4.32. The molecule has 29 heavy (non-hydrogen) atoms. The molecule has 3 heterocycles. The topological polar surface area (TPSA) is 76.8 Å².